The van der Waals surface area contributed by atoms with Crippen LogP contribution < -0.4 is 0 Å². The predicted octanol–water partition coefficient (Wildman–Crippen LogP) is 6.61. The zero-order valence-electron chi connectivity index (χ0n) is 29.9. The number of carbonyl (C=O) groups is 3. The second-order valence-electron chi connectivity index (χ2n) is 17.1. The van der Waals surface area contributed by atoms with Crippen LogP contribution in [0, 0.1) is 39.4 Å². The van der Waals surface area contributed by atoms with Crippen LogP contribution in [0.1, 0.15) is 127 Å². The van der Waals surface area contributed by atoms with Gasteiger partial charge in [0.05, 0.1) is 31.7 Å². The van der Waals surface area contributed by atoms with Gasteiger partial charge >= 0.3 is 17.9 Å². The zero-order chi connectivity index (χ0) is 34.2. The number of aliphatic hydroxyl groups excluding tert-OH is 1. The highest BCUT2D eigenvalue weighted by Gasteiger charge is 2.66. The minimum absolute atomic E-state index is 0.108. The van der Waals surface area contributed by atoms with Crippen molar-refractivity contribution in [2.75, 3.05) is 7.11 Å². The fourth-order valence-electron chi connectivity index (χ4n) is 11.2. The molecule has 4 aliphatic carbocycles. The third-order valence-corrected chi connectivity index (χ3v) is 14.3. The highest BCUT2D eigenvalue weighted by atomic mass is 16.6. The van der Waals surface area contributed by atoms with Crippen molar-refractivity contribution in [2.45, 2.75) is 150 Å². The summed E-state index contributed by atoms with van der Waals surface area (Å²) in [5, 5.41) is 22.9. The van der Waals surface area contributed by atoms with E-state index in [0.29, 0.717) is 24.7 Å². The molecular formula is C38H58O8. The van der Waals surface area contributed by atoms with Crippen LogP contribution in [0.25, 0.3) is 0 Å². The average molecular weight is 643 g/mol. The Labute approximate surface area is 275 Å². The summed E-state index contributed by atoms with van der Waals surface area (Å²) in [7, 11) is 1.26. The lowest BCUT2D eigenvalue weighted by Gasteiger charge is -2.63. The number of allylic oxidation sites excluding steroid dienone is 1. The maximum Gasteiger partial charge on any atom is 0.334 e. The minimum Gasteiger partial charge on any atom is -0.469 e. The number of cyclic esters (lactones) is 1. The van der Waals surface area contributed by atoms with Gasteiger partial charge in [-0.3, -0.25) is 9.59 Å². The molecule has 1 aliphatic heterocycles. The number of aliphatic hydroxyl groups is 2. The standard InChI is InChI=1S/C38H58O8/c1-21(17-27-22(2)23(3)33(42)45-27)24-13-16-37(8)25-11-12-28-34(4,5)30(46-32(41)20-35(6,43)19-31(40)44-10)14-15-36(28,7)26(25)18-29(39)38(24,37)9/h21,24,27-30,39,43H,11-20H2,1-10H3. The number of hydrogen-bond donors (Lipinski definition) is 2. The third-order valence-electron chi connectivity index (χ3n) is 14.3. The molecule has 0 aromatic carbocycles. The number of methoxy groups -OCH3 is 1. The molecule has 258 valence electrons. The molecule has 0 saturated heterocycles. The van der Waals surface area contributed by atoms with Gasteiger partial charge in [0, 0.05) is 16.4 Å². The Bertz CT molecular complexity index is 1340. The van der Waals surface area contributed by atoms with E-state index in [0.717, 1.165) is 49.7 Å². The number of carbonyl (C=O) groups excluding carboxylic acids is 3. The number of hydrogen-bond acceptors (Lipinski definition) is 8. The second kappa shape index (κ2) is 11.7. The molecular weight excluding hydrogens is 584 g/mol. The Kier molecular flexibility index (Phi) is 8.97. The third kappa shape index (κ3) is 5.38. The van der Waals surface area contributed by atoms with Crippen LogP contribution >= 0.6 is 0 Å². The first-order valence-corrected chi connectivity index (χ1v) is 17.5. The van der Waals surface area contributed by atoms with Gasteiger partial charge in [0.2, 0.25) is 0 Å². The normalized spacial score (nSPS) is 40.3. The summed E-state index contributed by atoms with van der Waals surface area (Å²) in [6.07, 6.45) is 5.63. The smallest absolute Gasteiger partial charge is 0.334 e. The zero-order valence-corrected chi connectivity index (χ0v) is 29.9. The van der Waals surface area contributed by atoms with E-state index in [-0.39, 0.29) is 58.6 Å². The fourth-order valence-corrected chi connectivity index (χ4v) is 11.2. The van der Waals surface area contributed by atoms with Gasteiger partial charge in [-0.05, 0) is 106 Å². The van der Waals surface area contributed by atoms with Crippen molar-refractivity contribution in [1.29, 1.82) is 0 Å². The van der Waals surface area contributed by atoms with Crippen molar-refractivity contribution in [2.24, 2.45) is 39.4 Å². The molecule has 8 nitrogen and oxygen atoms in total. The van der Waals surface area contributed by atoms with Crippen molar-refractivity contribution in [3.8, 4) is 0 Å². The minimum atomic E-state index is -1.53. The largest absolute Gasteiger partial charge is 0.469 e. The monoisotopic (exact) mass is 642 g/mol. The van der Waals surface area contributed by atoms with Crippen LogP contribution in [-0.2, 0) is 28.6 Å². The lowest BCUT2D eigenvalue weighted by molar-refractivity contribution is -0.175. The first kappa shape index (κ1) is 35.1. The SMILES string of the molecule is COC(=O)CC(C)(O)CC(=O)OC1CCC2(C)C3=C(CCC2C1(C)C)C1(C)CCC(C(C)CC2OC(=O)C(C)=C2C)C1(C)C(O)C3. The van der Waals surface area contributed by atoms with Crippen molar-refractivity contribution in [1.82, 2.24) is 0 Å². The molecule has 0 aromatic heterocycles. The summed E-state index contributed by atoms with van der Waals surface area (Å²) in [5.41, 5.74) is 2.43. The van der Waals surface area contributed by atoms with Crippen molar-refractivity contribution in [3.05, 3.63) is 22.3 Å². The van der Waals surface area contributed by atoms with Gasteiger partial charge in [-0.15, -0.1) is 0 Å². The van der Waals surface area contributed by atoms with Gasteiger partial charge in [0.1, 0.15) is 12.2 Å². The van der Waals surface area contributed by atoms with Gasteiger partial charge < -0.3 is 24.4 Å². The summed E-state index contributed by atoms with van der Waals surface area (Å²) in [4.78, 5) is 37.0. The van der Waals surface area contributed by atoms with E-state index in [9.17, 15) is 24.6 Å². The lowest BCUT2D eigenvalue weighted by Crippen LogP contribution is -2.58. The Hall–Kier alpha value is -2.19. The Morgan fingerprint density at radius 1 is 1.02 bits per heavy atom. The molecule has 10 atom stereocenters. The maximum absolute atomic E-state index is 13.0. The van der Waals surface area contributed by atoms with Crippen LogP contribution in [0.15, 0.2) is 22.3 Å². The number of esters is 3. The summed E-state index contributed by atoms with van der Waals surface area (Å²) in [6, 6.07) is 0. The van der Waals surface area contributed by atoms with Crippen LogP contribution in [-0.4, -0.2) is 59.1 Å². The highest BCUT2D eigenvalue weighted by molar-refractivity contribution is 5.91. The molecule has 5 aliphatic rings. The summed E-state index contributed by atoms with van der Waals surface area (Å²) >= 11 is 0. The van der Waals surface area contributed by atoms with E-state index in [1.165, 1.54) is 19.6 Å². The average Bonchev–Trinajstić information content (AvgIpc) is 3.38. The molecule has 2 fully saturated rings. The van der Waals surface area contributed by atoms with Crippen LogP contribution in [0.2, 0.25) is 0 Å². The van der Waals surface area contributed by atoms with E-state index < -0.39 is 23.6 Å². The van der Waals surface area contributed by atoms with Gasteiger partial charge in [-0.2, -0.15) is 0 Å². The van der Waals surface area contributed by atoms with E-state index in [1.807, 2.05) is 13.8 Å². The maximum atomic E-state index is 13.0. The summed E-state index contributed by atoms with van der Waals surface area (Å²) < 4.78 is 16.5. The van der Waals surface area contributed by atoms with Crippen molar-refractivity contribution >= 4 is 17.9 Å². The molecule has 0 amide bonds. The molecule has 5 rings (SSSR count). The number of rotatable bonds is 8. The van der Waals surface area contributed by atoms with E-state index in [4.69, 9.17) is 9.47 Å². The summed E-state index contributed by atoms with van der Waals surface area (Å²) in [6.45, 7) is 19.1. The van der Waals surface area contributed by atoms with Crippen LogP contribution in [0.3, 0.4) is 0 Å². The first-order valence-electron chi connectivity index (χ1n) is 17.5. The number of fused-ring (bicyclic) bond motifs is 4. The topological polar surface area (TPSA) is 119 Å². The van der Waals surface area contributed by atoms with Gasteiger partial charge in [-0.1, -0.05) is 52.7 Å². The second-order valence-corrected chi connectivity index (χ2v) is 17.1. The van der Waals surface area contributed by atoms with E-state index in [2.05, 4.69) is 46.3 Å². The fraction of sp³-hybridized carbons (Fsp3) is 0.816. The Morgan fingerprint density at radius 3 is 2.28 bits per heavy atom. The van der Waals surface area contributed by atoms with E-state index >= 15 is 0 Å². The highest BCUT2D eigenvalue weighted by Crippen LogP contribution is 2.72. The lowest BCUT2D eigenvalue weighted by atomic mass is 9.42. The molecule has 10 unspecified atom stereocenters. The van der Waals surface area contributed by atoms with Gasteiger partial charge in [-0.25, -0.2) is 4.79 Å². The molecule has 2 saturated carbocycles. The number of ether oxygens (including phenoxy) is 3. The molecule has 0 radical (unpaired) electrons. The molecule has 2 N–H and O–H groups in total. The Balaban J connectivity index is 1.36. The summed E-state index contributed by atoms with van der Waals surface area (Å²) in [5.74, 6) is -0.377. The molecule has 0 spiro atoms. The van der Waals surface area contributed by atoms with E-state index in [1.54, 1.807) is 5.57 Å². The molecule has 1 heterocycles. The van der Waals surface area contributed by atoms with Crippen LogP contribution in [0.4, 0.5) is 0 Å². The van der Waals surface area contributed by atoms with Gasteiger partial charge in [0.15, 0.2) is 0 Å². The van der Waals surface area contributed by atoms with Crippen molar-refractivity contribution < 1.29 is 38.8 Å². The quantitative estimate of drug-likeness (QED) is 0.173. The molecule has 8 heteroatoms. The van der Waals surface area contributed by atoms with Crippen LogP contribution in [0.5, 0.6) is 0 Å². The molecule has 46 heavy (non-hydrogen) atoms. The first-order chi connectivity index (χ1) is 21.2. The molecule has 0 aromatic rings. The van der Waals surface area contributed by atoms with Gasteiger partial charge in [0.25, 0.3) is 0 Å². The van der Waals surface area contributed by atoms with Crippen molar-refractivity contribution in [3.63, 3.8) is 0 Å². The Morgan fingerprint density at radius 2 is 1.67 bits per heavy atom. The molecule has 0 bridgehead atoms. The predicted molar refractivity (Wildman–Crippen MR) is 174 cm³/mol.